The molecule has 0 amide bonds. The van der Waals surface area contributed by atoms with Gasteiger partial charge >= 0.3 is 12.4 Å². The molecule has 1 rings (SSSR count). The van der Waals surface area contributed by atoms with Gasteiger partial charge in [-0.2, -0.15) is 26.3 Å². The summed E-state index contributed by atoms with van der Waals surface area (Å²) in [4.78, 5) is 0. The molecule has 0 aliphatic heterocycles. The molecule has 0 spiro atoms. The molecule has 1 aromatic carbocycles. The van der Waals surface area contributed by atoms with Crippen molar-refractivity contribution in [1.82, 2.24) is 0 Å². The summed E-state index contributed by atoms with van der Waals surface area (Å²) in [6.45, 7) is -0.587. The van der Waals surface area contributed by atoms with Gasteiger partial charge in [0.25, 0.3) is 0 Å². The second-order valence-corrected chi connectivity index (χ2v) is 3.34. The molecule has 0 fully saturated rings. The normalized spacial score (nSPS) is 12.6. The van der Waals surface area contributed by atoms with Crippen molar-refractivity contribution in [3.63, 3.8) is 0 Å². The van der Waals surface area contributed by atoms with Gasteiger partial charge in [-0.15, -0.1) is 0 Å². The number of benzene rings is 1. The lowest BCUT2D eigenvalue weighted by Gasteiger charge is -2.14. The minimum absolute atomic E-state index is 0.343. The Morgan fingerprint density at radius 1 is 0.941 bits per heavy atom. The van der Waals surface area contributed by atoms with Crippen LogP contribution in [0.2, 0.25) is 0 Å². The molecule has 17 heavy (non-hydrogen) atoms. The molecule has 1 nitrogen and oxygen atoms in total. The van der Waals surface area contributed by atoms with E-state index < -0.39 is 30.9 Å². The molecule has 1 N–H and O–H groups in total. The summed E-state index contributed by atoms with van der Waals surface area (Å²) in [5.41, 5.74) is -1.31. The van der Waals surface area contributed by atoms with Crippen LogP contribution in [0, 0.1) is 0 Å². The fraction of sp³-hybridized carbons (Fsp3) is 0.400. The molecule has 0 saturated carbocycles. The predicted molar refractivity (Wildman–Crippen MR) is 50.6 cm³/mol. The number of hydrogen-bond acceptors (Lipinski definition) is 1. The minimum Gasteiger partial charge on any atom is -0.384 e. The van der Waals surface area contributed by atoms with Gasteiger partial charge in [-0.3, -0.25) is 0 Å². The number of para-hydroxylation sites is 1. The Morgan fingerprint density at radius 2 is 1.53 bits per heavy atom. The molecular formula is C10H9F6N. The number of rotatable bonds is 3. The fourth-order valence-electron chi connectivity index (χ4n) is 1.22. The van der Waals surface area contributed by atoms with E-state index in [1.165, 1.54) is 12.1 Å². The molecule has 96 valence electrons. The van der Waals surface area contributed by atoms with Crippen LogP contribution < -0.4 is 5.32 Å². The second-order valence-electron chi connectivity index (χ2n) is 3.34. The molecule has 0 saturated heterocycles. The van der Waals surface area contributed by atoms with Crippen molar-refractivity contribution in [2.24, 2.45) is 0 Å². The third kappa shape index (κ3) is 4.54. The summed E-state index contributed by atoms with van der Waals surface area (Å²) in [6.07, 6.45) is -10.2. The fourth-order valence-corrected chi connectivity index (χ4v) is 1.22. The van der Waals surface area contributed by atoms with Crippen molar-refractivity contribution in [2.75, 3.05) is 11.9 Å². The monoisotopic (exact) mass is 257 g/mol. The molecule has 0 atom stereocenters. The Labute approximate surface area is 93.4 Å². The first-order valence-electron chi connectivity index (χ1n) is 4.67. The van der Waals surface area contributed by atoms with E-state index in [1.54, 1.807) is 0 Å². The number of hydrogen-bond donors (Lipinski definition) is 1. The quantitative estimate of drug-likeness (QED) is 0.805. The van der Waals surface area contributed by atoms with Crippen LogP contribution in [0.15, 0.2) is 24.3 Å². The highest BCUT2D eigenvalue weighted by Crippen LogP contribution is 2.34. The zero-order valence-corrected chi connectivity index (χ0v) is 8.49. The summed E-state index contributed by atoms with van der Waals surface area (Å²) in [5.74, 6) is 0. The van der Waals surface area contributed by atoms with Crippen LogP contribution >= 0.6 is 0 Å². The molecule has 0 aliphatic carbocycles. The van der Waals surface area contributed by atoms with Crippen molar-refractivity contribution >= 4 is 5.69 Å². The van der Waals surface area contributed by atoms with Gasteiger partial charge in [-0.1, -0.05) is 12.1 Å². The van der Waals surface area contributed by atoms with Crippen molar-refractivity contribution in [2.45, 2.75) is 18.8 Å². The van der Waals surface area contributed by atoms with Crippen LogP contribution in [0.1, 0.15) is 12.0 Å². The topological polar surface area (TPSA) is 12.0 Å². The SMILES string of the molecule is FC(F)(F)CCNc1ccccc1C(F)(F)F. The van der Waals surface area contributed by atoms with E-state index in [0.717, 1.165) is 12.1 Å². The van der Waals surface area contributed by atoms with E-state index in [-0.39, 0.29) is 5.69 Å². The minimum atomic E-state index is -4.58. The largest absolute Gasteiger partial charge is 0.418 e. The van der Waals surface area contributed by atoms with Gasteiger partial charge in [0.2, 0.25) is 0 Å². The summed E-state index contributed by atoms with van der Waals surface area (Å²) in [5, 5.41) is 2.14. The Morgan fingerprint density at radius 3 is 2.06 bits per heavy atom. The van der Waals surface area contributed by atoms with Gasteiger partial charge < -0.3 is 5.32 Å². The molecule has 1 aromatic rings. The molecule has 0 aromatic heterocycles. The van der Waals surface area contributed by atoms with Gasteiger partial charge in [0, 0.05) is 12.2 Å². The van der Waals surface area contributed by atoms with Crippen molar-refractivity contribution in [3.8, 4) is 0 Å². The summed E-state index contributed by atoms with van der Waals surface area (Å²) < 4.78 is 72.8. The van der Waals surface area contributed by atoms with Crippen LogP contribution in [-0.4, -0.2) is 12.7 Å². The summed E-state index contributed by atoms with van der Waals surface area (Å²) >= 11 is 0. The molecule has 0 aliphatic rings. The average Bonchev–Trinajstić information content (AvgIpc) is 2.15. The van der Waals surface area contributed by atoms with Gasteiger partial charge in [-0.05, 0) is 12.1 Å². The lowest BCUT2D eigenvalue weighted by molar-refractivity contribution is -0.137. The first-order valence-corrected chi connectivity index (χ1v) is 4.67. The Bertz CT molecular complexity index is 368. The summed E-state index contributed by atoms with van der Waals surface area (Å²) in [6, 6.07) is 4.41. The lowest BCUT2D eigenvalue weighted by Crippen LogP contribution is -2.17. The van der Waals surface area contributed by atoms with E-state index >= 15 is 0 Å². The third-order valence-corrected chi connectivity index (χ3v) is 1.96. The Balaban J connectivity index is 2.72. The Kier molecular flexibility index (Phi) is 3.90. The maximum atomic E-state index is 12.4. The van der Waals surface area contributed by atoms with Crippen molar-refractivity contribution in [1.29, 1.82) is 0 Å². The molecule has 0 bridgehead atoms. The number of anilines is 1. The van der Waals surface area contributed by atoms with Crippen molar-refractivity contribution in [3.05, 3.63) is 29.8 Å². The molecule has 0 unspecified atom stereocenters. The van der Waals surface area contributed by atoms with E-state index in [0.29, 0.717) is 0 Å². The maximum Gasteiger partial charge on any atom is 0.418 e. The van der Waals surface area contributed by atoms with E-state index in [4.69, 9.17) is 0 Å². The van der Waals surface area contributed by atoms with Crippen LogP contribution in [0.3, 0.4) is 0 Å². The Hall–Kier alpha value is -1.40. The first-order chi connectivity index (χ1) is 7.70. The number of nitrogens with one attached hydrogen (secondary N) is 1. The molecular weight excluding hydrogens is 248 g/mol. The highest BCUT2D eigenvalue weighted by molar-refractivity contribution is 5.52. The predicted octanol–water partition coefficient (Wildman–Crippen LogP) is 4.07. The van der Waals surface area contributed by atoms with E-state index in [9.17, 15) is 26.3 Å². The van der Waals surface area contributed by atoms with E-state index in [2.05, 4.69) is 5.32 Å². The van der Waals surface area contributed by atoms with Gasteiger partial charge in [-0.25, -0.2) is 0 Å². The average molecular weight is 257 g/mol. The van der Waals surface area contributed by atoms with Crippen molar-refractivity contribution < 1.29 is 26.3 Å². The molecule has 0 radical (unpaired) electrons. The second kappa shape index (κ2) is 4.85. The van der Waals surface area contributed by atoms with Crippen LogP contribution in [0.25, 0.3) is 0 Å². The number of halogens is 6. The van der Waals surface area contributed by atoms with Crippen LogP contribution in [0.5, 0.6) is 0 Å². The highest BCUT2D eigenvalue weighted by Gasteiger charge is 2.33. The van der Waals surface area contributed by atoms with E-state index in [1.807, 2.05) is 0 Å². The lowest BCUT2D eigenvalue weighted by atomic mass is 10.1. The zero-order valence-electron chi connectivity index (χ0n) is 8.49. The van der Waals surface area contributed by atoms with Gasteiger partial charge in [0.1, 0.15) is 0 Å². The van der Waals surface area contributed by atoms with Gasteiger partial charge in [0.05, 0.1) is 12.0 Å². The highest BCUT2D eigenvalue weighted by atomic mass is 19.4. The molecule has 0 heterocycles. The summed E-state index contributed by atoms with van der Waals surface area (Å²) in [7, 11) is 0. The zero-order chi connectivity index (χ0) is 13.1. The number of alkyl halides is 6. The van der Waals surface area contributed by atoms with Gasteiger partial charge in [0.15, 0.2) is 0 Å². The molecule has 7 heteroatoms. The third-order valence-electron chi connectivity index (χ3n) is 1.96. The van der Waals surface area contributed by atoms with Crippen LogP contribution in [-0.2, 0) is 6.18 Å². The smallest absolute Gasteiger partial charge is 0.384 e. The maximum absolute atomic E-state index is 12.4. The standard InChI is InChI=1S/C10H9F6N/c11-9(12,13)5-6-17-8-4-2-1-3-7(8)10(14,15)16/h1-4,17H,5-6H2. The van der Waals surface area contributed by atoms with Crippen LogP contribution in [0.4, 0.5) is 32.0 Å². The first kappa shape index (κ1) is 13.7.